The number of carboxylic acid groups (broad SMARTS) is 1. The number of carbonyl (C=O) groups is 2. The molecule has 0 aliphatic carbocycles. The van der Waals surface area contributed by atoms with Gasteiger partial charge in [0.15, 0.2) is 6.61 Å². The van der Waals surface area contributed by atoms with Gasteiger partial charge < -0.3 is 9.84 Å². The van der Waals surface area contributed by atoms with Crippen molar-refractivity contribution in [3.05, 3.63) is 77.4 Å². The SMILES string of the molecule is O=C(O)COC(=O)C=Cc1ccc(C(OO)c2ccccc2)cc1. The Hall–Kier alpha value is -2.96. The molecule has 0 heterocycles. The average molecular weight is 328 g/mol. The van der Waals surface area contributed by atoms with Gasteiger partial charge in [-0.25, -0.2) is 14.5 Å². The molecule has 24 heavy (non-hydrogen) atoms. The van der Waals surface area contributed by atoms with Gasteiger partial charge in [0, 0.05) is 6.08 Å². The van der Waals surface area contributed by atoms with Crippen LogP contribution in [0.5, 0.6) is 0 Å². The predicted molar refractivity (Wildman–Crippen MR) is 86.1 cm³/mol. The fraction of sp³-hybridized carbons (Fsp3) is 0.111. The van der Waals surface area contributed by atoms with Crippen molar-refractivity contribution in [1.29, 1.82) is 0 Å². The van der Waals surface area contributed by atoms with E-state index in [1.165, 1.54) is 6.08 Å². The van der Waals surface area contributed by atoms with Crippen LogP contribution >= 0.6 is 0 Å². The summed E-state index contributed by atoms with van der Waals surface area (Å²) in [6, 6.07) is 16.3. The maximum Gasteiger partial charge on any atom is 0.341 e. The monoisotopic (exact) mass is 328 g/mol. The third kappa shape index (κ3) is 5.05. The number of esters is 1. The van der Waals surface area contributed by atoms with Gasteiger partial charge >= 0.3 is 11.9 Å². The molecule has 2 rings (SSSR count). The van der Waals surface area contributed by atoms with Crippen LogP contribution in [0.15, 0.2) is 60.7 Å². The van der Waals surface area contributed by atoms with E-state index in [2.05, 4.69) is 9.62 Å². The van der Waals surface area contributed by atoms with E-state index in [1.54, 1.807) is 24.3 Å². The summed E-state index contributed by atoms with van der Waals surface area (Å²) in [7, 11) is 0. The first-order chi connectivity index (χ1) is 11.6. The molecule has 124 valence electrons. The molecule has 0 saturated heterocycles. The van der Waals surface area contributed by atoms with E-state index in [9.17, 15) is 9.59 Å². The van der Waals surface area contributed by atoms with Crippen LogP contribution in [0.3, 0.4) is 0 Å². The standard InChI is InChI=1S/C18H16O6/c19-16(20)12-23-17(21)11-8-13-6-9-15(10-7-13)18(24-22)14-4-2-1-3-5-14/h1-11,18,22H,12H2,(H,19,20). The third-order valence-corrected chi connectivity index (χ3v) is 3.20. The molecule has 1 atom stereocenters. The van der Waals surface area contributed by atoms with Gasteiger partial charge in [-0.2, -0.15) is 0 Å². The number of ether oxygens (including phenoxy) is 1. The highest BCUT2D eigenvalue weighted by Gasteiger charge is 2.14. The summed E-state index contributed by atoms with van der Waals surface area (Å²) in [5.74, 6) is -1.95. The van der Waals surface area contributed by atoms with Crippen LogP contribution in [0.2, 0.25) is 0 Å². The lowest BCUT2D eigenvalue weighted by Crippen LogP contribution is -2.10. The molecule has 0 bridgehead atoms. The molecule has 2 aromatic carbocycles. The van der Waals surface area contributed by atoms with E-state index in [1.807, 2.05) is 30.3 Å². The summed E-state index contributed by atoms with van der Waals surface area (Å²) in [5, 5.41) is 17.6. The summed E-state index contributed by atoms with van der Waals surface area (Å²) in [4.78, 5) is 26.2. The molecule has 1 unspecified atom stereocenters. The molecule has 0 radical (unpaired) electrons. The molecule has 0 spiro atoms. The molecule has 0 aliphatic rings. The van der Waals surface area contributed by atoms with Crippen LogP contribution in [0.1, 0.15) is 22.8 Å². The zero-order chi connectivity index (χ0) is 17.4. The second kappa shape index (κ2) is 8.61. The smallest absolute Gasteiger partial charge is 0.341 e. The van der Waals surface area contributed by atoms with Gasteiger partial charge in [-0.05, 0) is 22.8 Å². The molecule has 0 saturated carbocycles. The number of hydrogen-bond donors (Lipinski definition) is 2. The van der Waals surface area contributed by atoms with Crippen molar-refractivity contribution in [2.75, 3.05) is 6.61 Å². The number of carbonyl (C=O) groups excluding carboxylic acids is 1. The highest BCUT2D eigenvalue weighted by molar-refractivity contribution is 5.88. The third-order valence-electron chi connectivity index (χ3n) is 3.20. The van der Waals surface area contributed by atoms with E-state index in [-0.39, 0.29) is 0 Å². The van der Waals surface area contributed by atoms with Crippen molar-refractivity contribution in [3.63, 3.8) is 0 Å². The van der Waals surface area contributed by atoms with Gasteiger partial charge in [0.05, 0.1) is 0 Å². The molecule has 2 aromatic rings. The van der Waals surface area contributed by atoms with E-state index in [4.69, 9.17) is 10.4 Å². The van der Waals surface area contributed by atoms with Crippen molar-refractivity contribution in [3.8, 4) is 0 Å². The van der Waals surface area contributed by atoms with E-state index in [0.717, 1.165) is 22.8 Å². The van der Waals surface area contributed by atoms with Gasteiger partial charge in [-0.1, -0.05) is 54.6 Å². The van der Waals surface area contributed by atoms with Crippen molar-refractivity contribution < 1.29 is 29.6 Å². The Bertz CT molecular complexity index is 706. The summed E-state index contributed by atoms with van der Waals surface area (Å²) >= 11 is 0. The largest absolute Gasteiger partial charge is 0.479 e. The molecule has 0 fully saturated rings. The van der Waals surface area contributed by atoms with E-state index in [0.29, 0.717) is 0 Å². The van der Waals surface area contributed by atoms with Crippen LogP contribution in [-0.2, 0) is 19.2 Å². The Morgan fingerprint density at radius 2 is 1.62 bits per heavy atom. The Kier molecular flexibility index (Phi) is 6.24. The van der Waals surface area contributed by atoms with Gasteiger partial charge in [-0.3, -0.25) is 5.26 Å². The fourth-order valence-electron chi connectivity index (χ4n) is 2.07. The van der Waals surface area contributed by atoms with Crippen molar-refractivity contribution in [2.45, 2.75) is 6.10 Å². The molecule has 0 amide bonds. The number of hydrogen-bond acceptors (Lipinski definition) is 5. The Labute approximate surface area is 138 Å². The summed E-state index contributed by atoms with van der Waals surface area (Å²) in [6.07, 6.45) is 2.05. The summed E-state index contributed by atoms with van der Waals surface area (Å²) in [6.45, 7) is -0.672. The normalized spacial score (nSPS) is 12.0. The van der Waals surface area contributed by atoms with E-state index < -0.39 is 24.6 Å². The van der Waals surface area contributed by atoms with Gasteiger partial charge in [0.2, 0.25) is 0 Å². The topological polar surface area (TPSA) is 93.1 Å². The predicted octanol–water partition coefficient (Wildman–Crippen LogP) is 2.91. The number of aliphatic carboxylic acids is 1. The first-order valence-corrected chi connectivity index (χ1v) is 7.12. The average Bonchev–Trinajstić information content (AvgIpc) is 2.61. The molecule has 6 nitrogen and oxygen atoms in total. The minimum atomic E-state index is -1.21. The van der Waals surface area contributed by atoms with Gasteiger partial charge in [-0.15, -0.1) is 0 Å². The first-order valence-electron chi connectivity index (χ1n) is 7.12. The maximum atomic E-state index is 11.3. The van der Waals surface area contributed by atoms with Crippen LogP contribution < -0.4 is 0 Å². The second-order valence-electron chi connectivity index (χ2n) is 4.90. The van der Waals surface area contributed by atoms with Gasteiger partial charge in [0.25, 0.3) is 0 Å². The molecule has 6 heteroatoms. The van der Waals surface area contributed by atoms with Crippen LogP contribution in [-0.4, -0.2) is 28.9 Å². The van der Waals surface area contributed by atoms with Crippen molar-refractivity contribution >= 4 is 18.0 Å². The second-order valence-corrected chi connectivity index (χ2v) is 4.90. The summed E-state index contributed by atoms with van der Waals surface area (Å²) < 4.78 is 4.48. The quantitative estimate of drug-likeness (QED) is 0.351. The fourth-order valence-corrected chi connectivity index (χ4v) is 2.07. The van der Waals surface area contributed by atoms with E-state index >= 15 is 0 Å². The van der Waals surface area contributed by atoms with Crippen molar-refractivity contribution in [2.24, 2.45) is 0 Å². The summed E-state index contributed by atoms with van der Waals surface area (Å²) in [5.41, 5.74) is 2.27. The van der Waals surface area contributed by atoms with Crippen LogP contribution in [0.25, 0.3) is 6.08 Å². The molecular formula is C18H16O6. The lowest BCUT2D eigenvalue weighted by Gasteiger charge is -2.14. The highest BCUT2D eigenvalue weighted by atomic mass is 17.1. The number of carboxylic acids is 1. The lowest BCUT2D eigenvalue weighted by molar-refractivity contribution is -0.270. The number of benzene rings is 2. The van der Waals surface area contributed by atoms with Gasteiger partial charge in [0.1, 0.15) is 6.10 Å². The number of rotatable bonds is 7. The Morgan fingerprint density at radius 1 is 1.00 bits per heavy atom. The van der Waals surface area contributed by atoms with Crippen molar-refractivity contribution in [1.82, 2.24) is 0 Å². The molecular weight excluding hydrogens is 312 g/mol. The zero-order valence-electron chi connectivity index (χ0n) is 12.7. The minimum Gasteiger partial charge on any atom is -0.479 e. The minimum absolute atomic E-state index is 0.607. The molecule has 2 N–H and O–H groups in total. The first kappa shape index (κ1) is 17.4. The Morgan fingerprint density at radius 3 is 2.21 bits per heavy atom. The highest BCUT2D eigenvalue weighted by Crippen LogP contribution is 2.25. The van der Waals surface area contributed by atoms with Crippen LogP contribution in [0.4, 0.5) is 0 Å². The zero-order valence-corrected chi connectivity index (χ0v) is 12.7. The van der Waals surface area contributed by atoms with Crippen LogP contribution in [0, 0.1) is 0 Å². The Balaban J connectivity index is 2.04. The lowest BCUT2D eigenvalue weighted by atomic mass is 10.0. The molecule has 0 aliphatic heterocycles. The maximum absolute atomic E-state index is 11.3. The molecule has 0 aromatic heterocycles.